The lowest BCUT2D eigenvalue weighted by molar-refractivity contribution is 0.769. The van der Waals surface area contributed by atoms with Crippen molar-refractivity contribution in [3.63, 3.8) is 0 Å². The van der Waals surface area contributed by atoms with E-state index in [1.54, 1.807) is 0 Å². The van der Waals surface area contributed by atoms with Crippen LogP contribution in [0.5, 0.6) is 0 Å². The van der Waals surface area contributed by atoms with Crippen molar-refractivity contribution in [3.05, 3.63) is 178 Å². The first-order chi connectivity index (χ1) is 19.8. The van der Waals surface area contributed by atoms with Gasteiger partial charge in [0.15, 0.2) is 0 Å². The zero-order valence-corrected chi connectivity index (χ0v) is 23.4. The lowest BCUT2D eigenvalue weighted by atomic mass is 9.67. The summed E-state index contributed by atoms with van der Waals surface area (Å²) in [4.78, 5) is 0. The Bertz CT molecular complexity index is 2010. The van der Waals surface area contributed by atoms with Crippen LogP contribution in [-0.4, -0.2) is 0 Å². The Labute approximate surface area is 242 Å². The lowest BCUT2D eigenvalue weighted by Gasteiger charge is -2.34. The second-order valence-corrected chi connectivity index (χ2v) is 11.5. The molecule has 0 aliphatic heterocycles. The molecule has 1 heteroatoms. The second-order valence-electron chi connectivity index (χ2n) is 10.6. The van der Waals surface area contributed by atoms with Gasteiger partial charge in [-0.15, -0.1) is 0 Å². The molecule has 0 amide bonds. The third kappa shape index (κ3) is 3.25. The number of hydrogen-bond donors (Lipinski definition) is 0. The van der Waals surface area contributed by atoms with Crippen LogP contribution in [0.25, 0.3) is 43.8 Å². The van der Waals surface area contributed by atoms with Crippen molar-refractivity contribution in [1.82, 2.24) is 0 Å². The highest BCUT2D eigenvalue weighted by atomic mass is 79.9. The molecule has 0 radical (unpaired) electrons. The molecule has 8 rings (SSSR count). The second kappa shape index (κ2) is 9.05. The zero-order chi connectivity index (χ0) is 26.7. The molecule has 1 aliphatic carbocycles. The molecule has 0 N–H and O–H groups in total. The average Bonchev–Trinajstić information content (AvgIpc) is 3.31. The minimum Gasteiger partial charge on any atom is -0.0622 e. The highest BCUT2D eigenvalue weighted by molar-refractivity contribution is 9.10. The Kier molecular flexibility index (Phi) is 5.30. The van der Waals surface area contributed by atoms with E-state index >= 15 is 0 Å². The summed E-state index contributed by atoms with van der Waals surface area (Å²) in [7, 11) is 0. The molecular formula is C39H25Br. The number of benzene rings is 7. The summed E-state index contributed by atoms with van der Waals surface area (Å²) in [5.41, 5.74) is 9.91. The third-order valence-electron chi connectivity index (χ3n) is 8.60. The molecule has 1 aliphatic rings. The summed E-state index contributed by atoms with van der Waals surface area (Å²) in [5, 5.41) is 5.11. The summed E-state index contributed by atoms with van der Waals surface area (Å²) in [5.74, 6) is 0. The molecule has 0 saturated carbocycles. The Hall–Kier alpha value is -4.46. The van der Waals surface area contributed by atoms with Crippen molar-refractivity contribution < 1.29 is 0 Å². The van der Waals surface area contributed by atoms with Crippen LogP contribution in [0.3, 0.4) is 0 Å². The van der Waals surface area contributed by atoms with E-state index in [9.17, 15) is 0 Å². The van der Waals surface area contributed by atoms with E-state index < -0.39 is 5.41 Å². The van der Waals surface area contributed by atoms with Crippen molar-refractivity contribution in [2.75, 3.05) is 0 Å². The fourth-order valence-electron chi connectivity index (χ4n) is 7.00. The van der Waals surface area contributed by atoms with Crippen molar-refractivity contribution in [3.8, 4) is 22.3 Å². The molecule has 0 fully saturated rings. The average molecular weight is 574 g/mol. The molecule has 0 atom stereocenters. The molecular weight excluding hydrogens is 548 g/mol. The summed E-state index contributed by atoms with van der Waals surface area (Å²) in [6.07, 6.45) is 0. The molecule has 188 valence electrons. The van der Waals surface area contributed by atoms with Gasteiger partial charge in [-0.2, -0.15) is 0 Å². The Morgan fingerprint density at radius 1 is 0.400 bits per heavy atom. The van der Waals surface area contributed by atoms with Crippen molar-refractivity contribution >= 4 is 37.5 Å². The molecule has 0 aromatic heterocycles. The number of hydrogen-bond acceptors (Lipinski definition) is 0. The van der Waals surface area contributed by atoms with Crippen LogP contribution in [-0.2, 0) is 5.41 Å². The third-order valence-corrected chi connectivity index (χ3v) is 9.09. The maximum Gasteiger partial charge on any atom is 0.0714 e. The van der Waals surface area contributed by atoms with Gasteiger partial charge in [0.25, 0.3) is 0 Å². The van der Waals surface area contributed by atoms with Gasteiger partial charge in [0.2, 0.25) is 0 Å². The van der Waals surface area contributed by atoms with Crippen LogP contribution in [0.4, 0.5) is 0 Å². The SMILES string of the molecule is Brc1ccc2c(c1)C(c1ccccc1)(c1ccccc1)c1cc(-c3cccc4ccccc34)c3ccccc3c1-2. The molecule has 0 bridgehead atoms. The summed E-state index contributed by atoms with van der Waals surface area (Å²) >= 11 is 3.83. The first-order valence-electron chi connectivity index (χ1n) is 13.7. The Morgan fingerprint density at radius 3 is 1.73 bits per heavy atom. The van der Waals surface area contributed by atoms with E-state index in [-0.39, 0.29) is 0 Å². The van der Waals surface area contributed by atoms with Gasteiger partial charge in [-0.05, 0) is 84.3 Å². The van der Waals surface area contributed by atoms with Gasteiger partial charge in [0, 0.05) is 4.47 Å². The normalized spacial score (nSPS) is 13.3. The number of halogens is 1. The largest absolute Gasteiger partial charge is 0.0714 e. The molecule has 40 heavy (non-hydrogen) atoms. The van der Waals surface area contributed by atoms with Crippen LogP contribution in [0.1, 0.15) is 22.3 Å². The fourth-order valence-corrected chi connectivity index (χ4v) is 7.36. The maximum atomic E-state index is 3.83. The maximum absolute atomic E-state index is 3.83. The van der Waals surface area contributed by atoms with Gasteiger partial charge in [0.1, 0.15) is 0 Å². The van der Waals surface area contributed by atoms with Crippen LogP contribution in [0.15, 0.2) is 156 Å². The van der Waals surface area contributed by atoms with E-state index in [0.717, 1.165) is 4.47 Å². The number of fused-ring (bicyclic) bond motifs is 6. The zero-order valence-electron chi connectivity index (χ0n) is 21.8. The number of rotatable bonds is 3. The topological polar surface area (TPSA) is 0 Å². The fraction of sp³-hybridized carbons (Fsp3) is 0.0256. The molecule has 7 aromatic carbocycles. The monoisotopic (exact) mass is 572 g/mol. The van der Waals surface area contributed by atoms with Gasteiger partial charge < -0.3 is 0 Å². The molecule has 0 heterocycles. The minimum absolute atomic E-state index is 0.458. The van der Waals surface area contributed by atoms with Crippen molar-refractivity contribution in [2.24, 2.45) is 0 Å². The quantitative estimate of drug-likeness (QED) is 0.197. The van der Waals surface area contributed by atoms with Crippen LogP contribution < -0.4 is 0 Å². The van der Waals surface area contributed by atoms with Gasteiger partial charge >= 0.3 is 0 Å². The lowest BCUT2D eigenvalue weighted by Crippen LogP contribution is -2.28. The van der Waals surface area contributed by atoms with Crippen molar-refractivity contribution in [1.29, 1.82) is 0 Å². The van der Waals surface area contributed by atoms with Crippen LogP contribution in [0.2, 0.25) is 0 Å². The van der Waals surface area contributed by atoms with E-state index in [0.29, 0.717) is 0 Å². The predicted octanol–water partition coefficient (Wildman–Crippen LogP) is 10.8. The molecule has 7 aromatic rings. The summed E-state index contributed by atoms with van der Waals surface area (Å²) < 4.78 is 1.09. The van der Waals surface area contributed by atoms with E-state index in [2.05, 4.69) is 168 Å². The van der Waals surface area contributed by atoms with Crippen LogP contribution >= 0.6 is 15.9 Å². The van der Waals surface area contributed by atoms with Gasteiger partial charge in [0.05, 0.1) is 5.41 Å². The minimum atomic E-state index is -0.458. The molecule has 0 unspecified atom stereocenters. The van der Waals surface area contributed by atoms with E-state index in [1.165, 1.54) is 66.1 Å². The predicted molar refractivity (Wildman–Crippen MR) is 172 cm³/mol. The highest BCUT2D eigenvalue weighted by Crippen LogP contribution is 2.59. The molecule has 0 saturated heterocycles. The Balaban J connectivity index is 1.60. The smallest absolute Gasteiger partial charge is 0.0622 e. The van der Waals surface area contributed by atoms with E-state index in [1.807, 2.05) is 0 Å². The first-order valence-corrected chi connectivity index (χ1v) is 14.5. The van der Waals surface area contributed by atoms with Gasteiger partial charge in [-0.3, -0.25) is 0 Å². The van der Waals surface area contributed by atoms with Crippen LogP contribution in [0, 0.1) is 0 Å². The first kappa shape index (κ1) is 23.4. The summed E-state index contributed by atoms with van der Waals surface area (Å²) in [6.45, 7) is 0. The van der Waals surface area contributed by atoms with Gasteiger partial charge in [-0.25, -0.2) is 0 Å². The van der Waals surface area contributed by atoms with Crippen molar-refractivity contribution in [2.45, 2.75) is 5.41 Å². The van der Waals surface area contributed by atoms with E-state index in [4.69, 9.17) is 0 Å². The van der Waals surface area contributed by atoms with Gasteiger partial charge in [-0.1, -0.05) is 149 Å². The molecule has 0 nitrogen and oxygen atoms in total. The highest BCUT2D eigenvalue weighted by Gasteiger charge is 2.47. The Morgan fingerprint density at radius 2 is 1.00 bits per heavy atom. The standard InChI is InChI=1S/C39H25Br/c40-29-22-23-34-36(24-29)39(27-14-3-1-4-15-27,28-16-5-2-6-17-28)37-25-35(32-19-9-10-20-33(32)38(34)37)31-21-11-13-26-12-7-8-18-30(26)31/h1-25H. The summed E-state index contributed by atoms with van der Waals surface area (Å²) in [6, 6.07) is 55.7. The molecule has 0 spiro atoms.